The molecule has 2 aliphatic heterocycles. The Hall–Kier alpha value is -2.09. The molecule has 0 unspecified atom stereocenters. The number of benzene rings is 1. The van der Waals surface area contributed by atoms with Gasteiger partial charge in [0.15, 0.2) is 0 Å². The first-order chi connectivity index (χ1) is 12.7. The summed E-state index contributed by atoms with van der Waals surface area (Å²) >= 11 is 5.85. The number of hydrogen-bond donors (Lipinski definition) is 0. The third-order valence-corrected chi connectivity index (χ3v) is 4.64. The molecule has 3 heterocycles. The molecule has 2 atom stereocenters. The average Bonchev–Trinajstić information content (AvgIpc) is 2.99. The molecule has 0 N–H and O–H groups in total. The van der Waals surface area contributed by atoms with Crippen LogP contribution in [0.3, 0.4) is 0 Å². The molecule has 2 fully saturated rings. The molecule has 8 heteroatoms. The Kier molecular flexibility index (Phi) is 5.10. The Morgan fingerprint density at radius 3 is 2.38 bits per heavy atom. The van der Waals surface area contributed by atoms with Gasteiger partial charge in [0.1, 0.15) is 29.8 Å². The molecule has 1 aromatic carbocycles. The molecule has 0 amide bonds. The maximum absolute atomic E-state index is 6.04. The maximum atomic E-state index is 6.04. The van der Waals surface area contributed by atoms with E-state index in [2.05, 4.69) is 14.9 Å². The lowest BCUT2D eigenvalue weighted by Crippen LogP contribution is -2.30. The lowest BCUT2D eigenvalue weighted by molar-refractivity contribution is -0.00461. The molecular weight excluding hydrogens is 358 g/mol. The molecule has 2 aromatic rings. The van der Waals surface area contributed by atoms with Crippen LogP contribution in [0.5, 0.6) is 11.5 Å². The van der Waals surface area contributed by atoms with Crippen molar-refractivity contribution in [2.24, 2.45) is 0 Å². The summed E-state index contributed by atoms with van der Waals surface area (Å²) in [6.07, 6.45) is 2.96. The smallest absolute Gasteiger partial charge is 0.225 e. The number of ether oxygens (including phenoxy) is 4. The molecule has 2 saturated heterocycles. The predicted molar refractivity (Wildman–Crippen MR) is 96.1 cm³/mol. The SMILES string of the molecule is COc1cccc(OC2CO[C@H]3CN(c4ncc(Cl)cn4)C[C@@H]3OC2)c1. The summed E-state index contributed by atoms with van der Waals surface area (Å²) in [5.74, 6) is 2.14. The van der Waals surface area contributed by atoms with Crippen molar-refractivity contribution in [1.29, 1.82) is 0 Å². The van der Waals surface area contributed by atoms with Gasteiger partial charge in [0, 0.05) is 19.2 Å². The van der Waals surface area contributed by atoms with E-state index in [1.54, 1.807) is 19.5 Å². The largest absolute Gasteiger partial charge is 0.497 e. The van der Waals surface area contributed by atoms with Crippen molar-refractivity contribution in [3.63, 3.8) is 0 Å². The Balaban J connectivity index is 1.35. The Bertz CT molecular complexity index is 729. The van der Waals surface area contributed by atoms with Gasteiger partial charge in [-0.05, 0) is 12.1 Å². The molecule has 138 valence electrons. The lowest BCUT2D eigenvalue weighted by Gasteiger charge is -2.19. The maximum Gasteiger partial charge on any atom is 0.225 e. The first-order valence-corrected chi connectivity index (χ1v) is 8.85. The van der Waals surface area contributed by atoms with Crippen molar-refractivity contribution in [3.05, 3.63) is 41.7 Å². The van der Waals surface area contributed by atoms with E-state index in [1.807, 2.05) is 24.3 Å². The van der Waals surface area contributed by atoms with E-state index in [0.29, 0.717) is 37.3 Å². The highest BCUT2D eigenvalue weighted by molar-refractivity contribution is 6.30. The van der Waals surface area contributed by atoms with E-state index >= 15 is 0 Å². The molecule has 1 aromatic heterocycles. The Morgan fingerprint density at radius 1 is 1.08 bits per heavy atom. The summed E-state index contributed by atoms with van der Waals surface area (Å²) in [7, 11) is 1.63. The van der Waals surface area contributed by atoms with Crippen LogP contribution in [0.25, 0.3) is 0 Å². The zero-order valence-corrected chi connectivity index (χ0v) is 15.1. The van der Waals surface area contributed by atoms with Crippen LogP contribution in [0.2, 0.25) is 5.02 Å². The minimum Gasteiger partial charge on any atom is -0.497 e. The van der Waals surface area contributed by atoms with E-state index in [9.17, 15) is 0 Å². The van der Waals surface area contributed by atoms with E-state index in [4.69, 9.17) is 30.5 Å². The molecule has 0 spiro atoms. The molecule has 0 saturated carbocycles. The van der Waals surface area contributed by atoms with E-state index in [-0.39, 0.29) is 18.3 Å². The van der Waals surface area contributed by atoms with Gasteiger partial charge in [-0.1, -0.05) is 17.7 Å². The highest BCUT2D eigenvalue weighted by Gasteiger charge is 2.38. The molecule has 4 rings (SSSR count). The Labute approximate surface area is 156 Å². The van der Waals surface area contributed by atoms with Gasteiger partial charge in [0.05, 0.1) is 37.7 Å². The fourth-order valence-electron chi connectivity index (χ4n) is 3.14. The highest BCUT2D eigenvalue weighted by atomic mass is 35.5. The molecule has 7 nitrogen and oxygen atoms in total. The molecule has 26 heavy (non-hydrogen) atoms. The summed E-state index contributed by atoms with van der Waals surface area (Å²) < 4.78 is 23.3. The van der Waals surface area contributed by atoms with Crippen molar-refractivity contribution >= 4 is 17.5 Å². The van der Waals surface area contributed by atoms with Gasteiger partial charge in [0.25, 0.3) is 0 Å². The van der Waals surface area contributed by atoms with Crippen LogP contribution in [-0.4, -0.2) is 61.7 Å². The van der Waals surface area contributed by atoms with Crippen LogP contribution in [0.15, 0.2) is 36.7 Å². The number of rotatable bonds is 4. The number of methoxy groups -OCH3 is 1. The van der Waals surface area contributed by atoms with E-state index in [1.165, 1.54) is 0 Å². The second-order valence-corrected chi connectivity index (χ2v) is 6.71. The lowest BCUT2D eigenvalue weighted by atomic mass is 10.3. The number of halogens is 1. The standard InChI is InChI=1S/C18H20ClN3O4/c1-23-13-3-2-4-14(5-13)26-15-10-24-16-8-22(9-17(16)25-11-15)18-20-6-12(19)7-21-18/h2-7,15-17H,8-11H2,1H3/t16-,17-/m0/s1. The minimum absolute atomic E-state index is 0.0341. The fourth-order valence-corrected chi connectivity index (χ4v) is 3.24. The number of fused-ring (bicyclic) bond motifs is 1. The van der Waals surface area contributed by atoms with Gasteiger partial charge in [-0.3, -0.25) is 0 Å². The van der Waals surface area contributed by atoms with Gasteiger partial charge >= 0.3 is 0 Å². The van der Waals surface area contributed by atoms with Crippen LogP contribution in [0.1, 0.15) is 0 Å². The van der Waals surface area contributed by atoms with Gasteiger partial charge < -0.3 is 23.8 Å². The van der Waals surface area contributed by atoms with Crippen molar-refractivity contribution in [2.45, 2.75) is 18.3 Å². The van der Waals surface area contributed by atoms with Crippen molar-refractivity contribution in [2.75, 3.05) is 38.3 Å². The second-order valence-electron chi connectivity index (χ2n) is 6.27. The van der Waals surface area contributed by atoms with E-state index in [0.717, 1.165) is 11.5 Å². The normalized spacial score (nSPS) is 23.4. The third-order valence-electron chi connectivity index (χ3n) is 4.44. The molecule has 0 aliphatic carbocycles. The number of anilines is 1. The van der Waals surface area contributed by atoms with Gasteiger partial charge in [-0.15, -0.1) is 0 Å². The monoisotopic (exact) mass is 377 g/mol. The third kappa shape index (κ3) is 3.85. The highest BCUT2D eigenvalue weighted by Crippen LogP contribution is 2.26. The Morgan fingerprint density at radius 2 is 1.73 bits per heavy atom. The summed E-state index contributed by atoms with van der Waals surface area (Å²) in [6.45, 7) is 2.29. The topological polar surface area (TPSA) is 65.9 Å². The fraction of sp³-hybridized carbons (Fsp3) is 0.444. The van der Waals surface area contributed by atoms with Gasteiger partial charge in [-0.2, -0.15) is 0 Å². The first-order valence-electron chi connectivity index (χ1n) is 8.47. The summed E-state index contributed by atoms with van der Waals surface area (Å²) in [5, 5.41) is 0.521. The second kappa shape index (κ2) is 7.65. The van der Waals surface area contributed by atoms with Gasteiger partial charge in [0.2, 0.25) is 5.95 Å². The average molecular weight is 378 g/mol. The van der Waals surface area contributed by atoms with Crippen molar-refractivity contribution in [3.8, 4) is 11.5 Å². The van der Waals surface area contributed by atoms with Crippen LogP contribution >= 0.6 is 11.6 Å². The molecule has 0 bridgehead atoms. The quantitative estimate of drug-likeness (QED) is 0.809. The molecule has 0 radical (unpaired) electrons. The van der Waals surface area contributed by atoms with Crippen molar-refractivity contribution in [1.82, 2.24) is 9.97 Å². The summed E-state index contributed by atoms with van der Waals surface area (Å²) in [5.41, 5.74) is 0. The van der Waals surface area contributed by atoms with E-state index < -0.39 is 0 Å². The van der Waals surface area contributed by atoms with Crippen LogP contribution in [0, 0.1) is 0 Å². The van der Waals surface area contributed by atoms with Crippen LogP contribution in [0.4, 0.5) is 5.95 Å². The first kappa shape index (κ1) is 17.3. The summed E-state index contributed by atoms with van der Waals surface area (Å²) in [6, 6.07) is 7.52. The van der Waals surface area contributed by atoms with Gasteiger partial charge in [-0.25, -0.2) is 9.97 Å². The number of hydrogen-bond acceptors (Lipinski definition) is 7. The van der Waals surface area contributed by atoms with Crippen molar-refractivity contribution < 1.29 is 18.9 Å². The predicted octanol–water partition coefficient (Wildman–Crippen LogP) is 2.19. The minimum atomic E-state index is -0.159. The number of nitrogens with zero attached hydrogens (tertiary/aromatic N) is 3. The van der Waals surface area contributed by atoms with Crippen LogP contribution in [-0.2, 0) is 9.47 Å². The zero-order chi connectivity index (χ0) is 17.9. The summed E-state index contributed by atoms with van der Waals surface area (Å²) in [4.78, 5) is 10.6. The van der Waals surface area contributed by atoms with Crippen LogP contribution < -0.4 is 14.4 Å². The molecule has 2 aliphatic rings. The number of aromatic nitrogens is 2. The molecular formula is C18H20ClN3O4. The zero-order valence-electron chi connectivity index (χ0n) is 14.4.